The fourth-order valence-electron chi connectivity index (χ4n) is 3.95. The van der Waals surface area contributed by atoms with E-state index in [0.29, 0.717) is 19.3 Å². The highest BCUT2D eigenvalue weighted by Gasteiger charge is 2.49. The molecular formula is C17H26O5. The molecule has 0 bridgehead atoms. The molecule has 2 aliphatic carbocycles. The zero-order valence-corrected chi connectivity index (χ0v) is 13.5. The van der Waals surface area contributed by atoms with Crippen molar-refractivity contribution in [2.75, 3.05) is 6.61 Å². The Bertz CT molecular complexity index is 477. The van der Waals surface area contributed by atoms with Gasteiger partial charge in [0.15, 0.2) is 0 Å². The van der Waals surface area contributed by atoms with Crippen molar-refractivity contribution in [1.29, 1.82) is 0 Å². The van der Waals surface area contributed by atoms with E-state index in [1.807, 2.05) is 13.0 Å². The lowest BCUT2D eigenvalue weighted by Gasteiger charge is -2.48. The van der Waals surface area contributed by atoms with E-state index < -0.39 is 23.1 Å². The van der Waals surface area contributed by atoms with Crippen LogP contribution in [-0.4, -0.2) is 39.8 Å². The maximum atomic E-state index is 12.6. The van der Waals surface area contributed by atoms with Gasteiger partial charge in [-0.2, -0.15) is 0 Å². The molecule has 1 saturated carbocycles. The molecule has 0 heterocycles. The number of hydrogen-bond donors (Lipinski definition) is 2. The van der Waals surface area contributed by atoms with Crippen molar-refractivity contribution in [1.82, 2.24) is 0 Å². The number of ether oxygens (including phenoxy) is 1. The molecule has 0 aromatic carbocycles. The molecule has 5 atom stereocenters. The number of fused-ring (bicyclic) bond motifs is 1. The van der Waals surface area contributed by atoms with Gasteiger partial charge in [0, 0.05) is 13.3 Å². The van der Waals surface area contributed by atoms with E-state index >= 15 is 0 Å². The third-order valence-electron chi connectivity index (χ3n) is 4.98. The summed E-state index contributed by atoms with van der Waals surface area (Å²) in [6.45, 7) is 4.84. The molecule has 0 aromatic rings. The number of allylic oxidation sites excluding steroid dienone is 1. The number of esters is 1. The molecule has 5 nitrogen and oxygen atoms in total. The summed E-state index contributed by atoms with van der Waals surface area (Å²) < 4.78 is 4.84. The summed E-state index contributed by atoms with van der Waals surface area (Å²) in [6, 6.07) is 0. The lowest BCUT2D eigenvalue weighted by molar-refractivity contribution is -0.144. The van der Waals surface area contributed by atoms with Crippen molar-refractivity contribution in [3.05, 3.63) is 12.2 Å². The number of carbonyl (C=O) groups is 2. The number of Topliss-reactive ketones (excluding diaryl/α,β-unsaturated/α-hetero) is 1. The van der Waals surface area contributed by atoms with Gasteiger partial charge in [-0.15, -0.1) is 0 Å². The molecule has 2 N–H and O–H groups in total. The Morgan fingerprint density at radius 2 is 2.00 bits per heavy atom. The molecule has 22 heavy (non-hydrogen) atoms. The Labute approximate surface area is 131 Å². The highest BCUT2D eigenvalue weighted by molar-refractivity contribution is 5.83. The van der Waals surface area contributed by atoms with Gasteiger partial charge in [0.25, 0.3) is 0 Å². The minimum Gasteiger partial charge on any atom is -0.465 e. The minimum absolute atomic E-state index is 0.0325. The van der Waals surface area contributed by atoms with Gasteiger partial charge in [0.05, 0.1) is 23.7 Å². The van der Waals surface area contributed by atoms with Crippen molar-refractivity contribution in [2.45, 2.75) is 57.7 Å². The maximum Gasteiger partial charge on any atom is 0.302 e. The monoisotopic (exact) mass is 310 g/mol. The van der Waals surface area contributed by atoms with Crippen molar-refractivity contribution in [3.8, 4) is 0 Å². The van der Waals surface area contributed by atoms with Crippen LogP contribution in [0.5, 0.6) is 0 Å². The Morgan fingerprint density at radius 1 is 1.32 bits per heavy atom. The van der Waals surface area contributed by atoms with E-state index in [2.05, 4.69) is 0 Å². The summed E-state index contributed by atoms with van der Waals surface area (Å²) in [7, 11) is 0. The van der Waals surface area contributed by atoms with Crippen LogP contribution < -0.4 is 0 Å². The van der Waals surface area contributed by atoms with Crippen LogP contribution in [0.3, 0.4) is 0 Å². The molecule has 0 radical (unpaired) electrons. The summed E-state index contributed by atoms with van der Waals surface area (Å²) in [5.74, 6) is -0.854. The number of hydrogen-bond acceptors (Lipinski definition) is 5. The third kappa shape index (κ3) is 3.76. The fourth-order valence-corrected chi connectivity index (χ4v) is 3.95. The van der Waals surface area contributed by atoms with Gasteiger partial charge < -0.3 is 14.9 Å². The van der Waals surface area contributed by atoms with Crippen LogP contribution in [0.25, 0.3) is 0 Å². The highest BCUT2D eigenvalue weighted by atomic mass is 16.5. The standard InChI is InChI=1S/C17H26O5/c1-11(18)22-9-6-14(19)15-13-5-7-16(2,20)10-12(13)4-8-17(15,3)21/h4,8,12-13,15,20-21H,5-7,9-10H2,1-3H3/t12-,13-,15-,16+,17+/m0/s1. The first-order valence-corrected chi connectivity index (χ1v) is 7.92. The van der Waals surface area contributed by atoms with E-state index in [4.69, 9.17) is 4.74 Å². The summed E-state index contributed by atoms with van der Waals surface area (Å²) in [5.41, 5.74) is -1.89. The molecule has 0 aliphatic heterocycles. The van der Waals surface area contributed by atoms with Gasteiger partial charge in [-0.1, -0.05) is 12.2 Å². The zero-order chi connectivity index (χ0) is 16.5. The van der Waals surface area contributed by atoms with Crippen molar-refractivity contribution < 1.29 is 24.5 Å². The fraction of sp³-hybridized carbons (Fsp3) is 0.765. The molecule has 2 rings (SSSR count). The second kappa shape index (κ2) is 6.13. The molecule has 2 aliphatic rings. The number of aliphatic hydroxyl groups is 2. The van der Waals surface area contributed by atoms with Gasteiger partial charge in [-0.3, -0.25) is 9.59 Å². The maximum absolute atomic E-state index is 12.6. The smallest absolute Gasteiger partial charge is 0.302 e. The van der Waals surface area contributed by atoms with E-state index in [0.717, 1.165) is 0 Å². The lowest BCUT2D eigenvalue weighted by Crippen LogP contribution is -2.51. The van der Waals surface area contributed by atoms with Gasteiger partial charge in [-0.05, 0) is 44.9 Å². The number of rotatable bonds is 4. The topological polar surface area (TPSA) is 83.8 Å². The molecule has 0 spiro atoms. The molecule has 5 heteroatoms. The van der Waals surface area contributed by atoms with Crippen LogP contribution in [-0.2, 0) is 14.3 Å². The summed E-state index contributed by atoms with van der Waals surface area (Å²) >= 11 is 0. The zero-order valence-electron chi connectivity index (χ0n) is 13.5. The second-order valence-corrected chi connectivity index (χ2v) is 7.19. The summed E-state index contributed by atoms with van der Waals surface area (Å²) in [4.78, 5) is 23.4. The Morgan fingerprint density at radius 3 is 2.64 bits per heavy atom. The second-order valence-electron chi connectivity index (χ2n) is 7.19. The molecule has 0 unspecified atom stereocenters. The molecule has 0 aromatic heterocycles. The van der Waals surface area contributed by atoms with E-state index in [-0.39, 0.29) is 30.6 Å². The first-order chi connectivity index (χ1) is 10.1. The molecule has 124 valence electrons. The van der Waals surface area contributed by atoms with Gasteiger partial charge >= 0.3 is 5.97 Å². The number of ketones is 1. The summed E-state index contributed by atoms with van der Waals surface area (Å²) in [5, 5.41) is 20.8. The van der Waals surface area contributed by atoms with Crippen LogP contribution in [0, 0.1) is 17.8 Å². The van der Waals surface area contributed by atoms with Gasteiger partial charge in [-0.25, -0.2) is 0 Å². The van der Waals surface area contributed by atoms with E-state index in [1.54, 1.807) is 13.0 Å². The first-order valence-electron chi connectivity index (χ1n) is 7.92. The molecular weight excluding hydrogens is 284 g/mol. The molecule has 0 amide bonds. The summed E-state index contributed by atoms with van der Waals surface area (Å²) in [6.07, 6.45) is 5.69. The van der Waals surface area contributed by atoms with Crippen LogP contribution >= 0.6 is 0 Å². The molecule has 1 fully saturated rings. The Hall–Kier alpha value is -1.20. The third-order valence-corrected chi connectivity index (χ3v) is 4.98. The average molecular weight is 310 g/mol. The SMILES string of the molecule is CC(=O)OCCC(=O)[C@@H]1[C@H]2CC[C@@](C)(O)C[C@@H]2C=C[C@@]1(C)O. The normalized spacial score (nSPS) is 40.9. The van der Waals surface area contributed by atoms with E-state index in [9.17, 15) is 19.8 Å². The Balaban J connectivity index is 2.12. The van der Waals surface area contributed by atoms with Crippen LogP contribution in [0.4, 0.5) is 0 Å². The van der Waals surface area contributed by atoms with Crippen LogP contribution in [0.2, 0.25) is 0 Å². The quantitative estimate of drug-likeness (QED) is 0.609. The van der Waals surface area contributed by atoms with Crippen molar-refractivity contribution in [3.63, 3.8) is 0 Å². The highest BCUT2D eigenvalue weighted by Crippen LogP contribution is 2.47. The molecule has 0 saturated heterocycles. The van der Waals surface area contributed by atoms with E-state index in [1.165, 1.54) is 6.92 Å². The van der Waals surface area contributed by atoms with Crippen molar-refractivity contribution >= 4 is 11.8 Å². The van der Waals surface area contributed by atoms with Gasteiger partial charge in [0.2, 0.25) is 0 Å². The van der Waals surface area contributed by atoms with Crippen LogP contribution in [0.15, 0.2) is 12.2 Å². The Kier molecular flexibility index (Phi) is 4.78. The minimum atomic E-state index is -1.18. The number of carbonyl (C=O) groups excluding carboxylic acids is 2. The van der Waals surface area contributed by atoms with Gasteiger partial charge in [0.1, 0.15) is 5.78 Å². The van der Waals surface area contributed by atoms with Crippen molar-refractivity contribution in [2.24, 2.45) is 17.8 Å². The lowest BCUT2D eigenvalue weighted by atomic mass is 9.59. The predicted octanol–water partition coefficient (Wildman–Crippen LogP) is 1.61. The first kappa shape index (κ1) is 17.2. The van der Waals surface area contributed by atoms with Crippen LogP contribution in [0.1, 0.15) is 46.5 Å². The largest absolute Gasteiger partial charge is 0.465 e. The average Bonchev–Trinajstić information content (AvgIpc) is 2.37. The predicted molar refractivity (Wildman–Crippen MR) is 81.0 cm³/mol.